The molecule has 0 fully saturated rings. The molecule has 22 N–H and O–H groups in total. The fourth-order valence-corrected chi connectivity index (χ4v) is 2.88. The summed E-state index contributed by atoms with van der Waals surface area (Å²) in [6.07, 6.45) is 1.60. The lowest BCUT2D eigenvalue weighted by Crippen LogP contribution is -2.14. The third kappa shape index (κ3) is 13.7. The van der Waals surface area contributed by atoms with Crippen molar-refractivity contribution < 1.29 is 21.5 Å². The normalized spacial score (nSPS) is 9.22. The van der Waals surface area contributed by atoms with Crippen molar-refractivity contribution in [3.8, 4) is 0 Å². The van der Waals surface area contributed by atoms with Gasteiger partial charge in [0.25, 0.3) is 11.7 Å². The van der Waals surface area contributed by atoms with Crippen molar-refractivity contribution in [2.45, 2.75) is 6.92 Å². The second-order valence-corrected chi connectivity index (χ2v) is 9.36. The molecule has 5 heterocycles. The second kappa shape index (κ2) is 19.6. The zero-order valence-electron chi connectivity index (χ0n) is 27.1. The van der Waals surface area contributed by atoms with Gasteiger partial charge in [0.05, 0.1) is 35.5 Å². The van der Waals surface area contributed by atoms with Crippen LogP contribution in [0.5, 0.6) is 0 Å². The molecular formula is C30H49N17O3. The fraction of sp³-hybridized carbons (Fsp3) is 0.0667. The Labute approximate surface area is 294 Å². The molecule has 20 nitrogen and oxygen atoms in total. The number of hydrogen-bond acceptors (Lipinski definition) is 18. The zero-order chi connectivity index (χ0) is 38.0. The summed E-state index contributed by atoms with van der Waals surface area (Å²) in [5.74, 6) is 0.417. The van der Waals surface area contributed by atoms with Crippen molar-refractivity contribution >= 4 is 75.2 Å². The maximum atomic E-state index is 10.9. The van der Waals surface area contributed by atoms with Crippen LogP contribution in [0, 0.1) is 13.5 Å². The molecule has 0 bridgehead atoms. The van der Waals surface area contributed by atoms with Crippen LogP contribution < -0.4 is 63.1 Å². The van der Waals surface area contributed by atoms with Gasteiger partial charge in [-0.15, -0.1) is 4.98 Å². The van der Waals surface area contributed by atoms with Crippen LogP contribution in [0.25, 0.3) is 4.85 Å². The first kappa shape index (κ1) is 40.2. The highest BCUT2D eigenvalue weighted by Crippen LogP contribution is 2.16. The van der Waals surface area contributed by atoms with Gasteiger partial charge in [-0.2, -0.15) is 0 Å². The number of anilines is 10. The van der Waals surface area contributed by atoms with E-state index in [1.54, 1.807) is 30.5 Å². The molecule has 5 rings (SSSR count). The number of nitrogen functional groups attached to an aromatic ring is 10. The van der Waals surface area contributed by atoms with Crippen LogP contribution in [0.1, 0.15) is 33.8 Å². The number of hydrogen-bond donors (Lipinski definition) is 11. The number of pyridine rings is 5. The van der Waals surface area contributed by atoms with Crippen molar-refractivity contribution in [3.63, 3.8) is 0 Å². The molecule has 0 atom stereocenters. The number of rotatable bonds is 2. The summed E-state index contributed by atoms with van der Waals surface area (Å²) in [6, 6.07) is 16.0. The maximum Gasteiger partial charge on any atom is 0.356 e. The van der Waals surface area contributed by atoms with E-state index in [2.05, 4.69) is 34.5 Å². The van der Waals surface area contributed by atoms with Crippen molar-refractivity contribution in [1.29, 1.82) is 0 Å². The molecule has 50 heavy (non-hydrogen) atoms. The van der Waals surface area contributed by atoms with E-state index >= 15 is 0 Å². The molecule has 5 aromatic rings. The van der Waals surface area contributed by atoms with Gasteiger partial charge in [-0.1, -0.05) is 6.57 Å². The smallest absolute Gasteiger partial charge is 0.356 e. The van der Waals surface area contributed by atoms with Crippen LogP contribution in [0.2, 0.25) is 0 Å². The molecule has 0 aromatic carbocycles. The van der Waals surface area contributed by atoms with Gasteiger partial charge < -0.3 is 72.7 Å². The highest BCUT2D eigenvalue weighted by Gasteiger charge is 2.08. The first-order chi connectivity index (χ1) is 23.5. The van der Waals surface area contributed by atoms with Gasteiger partial charge in [0, 0.05) is 19.0 Å². The number of esters is 1. The standard InChI is InChI=1S/C7H9N3O2.C6H8N4O.C6H6N4.C6H9N3.C5H7N3.5H2/c1-12-7(11)5-3-2-4(8)6(9)10-5;7-3-1-2-4(6(9)11)10-5(3)8;1-9-5-3-2-4(7)6(8)10-5;1-4-2-3-5(7)6(8)9-4;6-4-2-1-3-8-5(4)7;;;;;/h2-3H,8H2,1H3,(H2,9,10);1-2H,7H2,(H2,8,10)(H2,9,11);2-3H,7H2,(H2,8,10);2-3H,7H2,1H3,(H2,8,9);1-3H,6H2,(H2,7,8);5*1H/i;;;;;5*1+1. The van der Waals surface area contributed by atoms with Gasteiger partial charge in [-0.25, -0.2) is 24.7 Å². The summed E-state index contributed by atoms with van der Waals surface area (Å²) in [6.45, 7) is 8.45. The van der Waals surface area contributed by atoms with Crippen LogP contribution >= 0.6 is 0 Å². The number of aromatic nitrogens is 5. The lowest BCUT2D eigenvalue weighted by Gasteiger charge is -2.01. The number of carbonyl (C=O) groups is 2. The average molecular weight is 701 g/mol. The molecule has 0 unspecified atom stereocenters. The summed E-state index contributed by atoms with van der Waals surface area (Å²) in [7, 11) is 1.27. The average Bonchev–Trinajstić information content (AvgIpc) is 3.09. The van der Waals surface area contributed by atoms with Crippen LogP contribution in [0.15, 0.2) is 66.9 Å². The molecule has 272 valence electrons. The maximum absolute atomic E-state index is 10.9. The number of nitrogens with two attached hydrogens (primary N) is 11. The van der Waals surface area contributed by atoms with Crippen LogP contribution in [-0.2, 0) is 4.74 Å². The fourth-order valence-electron chi connectivity index (χ4n) is 2.88. The minimum atomic E-state index is -0.614. The first-order valence-corrected chi connectivity index (χ1v) is 13.8. The number of nitrogens with zero attached hydrogens (tertiary/aromatic N) is 6. The minimum absolute atomic E-state index is 0. The molecule has 0 spiro atoms. The molecule has 0 aliphatic heterocycles. The van der Waals surface area contributed by atoms with Gasteiger partial charge in [0.15, 0.2) is 5.69 Å². The van der Waals surface area contributed by atoms with E-state index in [1.165, 1.54) is 37.4 Å². The molecule has 20 heteroatoms. The van der Waals surface area contributed by atoms with Gasteiger partial charge in [-0.3, -0.25) is 4.79 Å². The number of methoxy groups -OCH3 is 1. The molecule has 1 amide bonds. The number of primary amides is 1. The quantitative estimate of drug-likeness (QED) is 0.0927. The van der Waals surface area contributed by atoms with E-state index in [1.807, 2.05) is 13.0 Å². The topological polar surface area (TPSA) is 398 Å². The predicted octanol–water partition coefficient (Wildman–Crippen LogP) is 2.20. The van der Waals surface area contributed by atoms with Crippen LogP contribution in [0.3, 0.4) is 0 Å². The van der Waals surface area contributed by atoms with E-state index in [0.717, 1.165) is 5.69 Å². The highest BCUT2D eigenvalue weighted by atomic mass is 16.5. The lowest BCUT2D eigenvalue weighted by atomic mass is 10.3. The lowest BCUT2D eigenvalue weighted by molar-refractivity contribution is 0.0594. The summed E-state index contributed by atoms with van der Waals surface area (Å²) in [5.41, 5.74) is 61.8. The van der Waals surface area contributed by atoms with Crippen LogP contribution in [-0.4, -0.2) is 43.9 Å². The summed E-state index contributed by atoms with van der Waals surface area (Å²) in [4.78, 5) is 43.2. The Balaban J connectivity index is -0.000000186. The van der Waals surface area contributed by atoms with Gasteiger partial charge in [0.1, 0.15) is 29.0 Å². The SMILES string of the molecule is COC(=O)c1ccc(N)c(N)n1.Cc1ccc(N)c(N)n1.NC(=O)c1ccc(N)c(N)n1.Nc1cccnc1N.[2HH].[2HH].[2HH].[2HH].[2HH].[C-]#[N+]c1ccc(N)c(N)n1. The largest absolute Gasteiger partial charge is 0.464 e. The van der Waals surface area contributed by atoms with Crippen molar-refractivity contribution in [3.05, 3.63) is 95.4 Å². The monoisotopic (exact) mass is 700 g/mol. The van der Waals surface area contributed by atoms with Gasteiger partial charge in [0.2, 0.25) is 5.82 Å². The number of carbonyl (C=O) groups excluding carboxylic acids is 2. The third-order valence-electron chi connectivity index (χ3n) is 5.59. The van der Waals surface area contributed by atoms with E-state index in [9.17, 15) is 9.59 Å². The van der Waals surface area contributed by atoms with Gasteiger partial charge >= 0.3 is 5.97 Å². The molecule has 0 aliphatic rings. The molecule has 5 aromatic heterocycles. The van der Waals surface area contributed by atoms with Crippen molar-refractivity contribution in [2.75, 3.05) is 64.4 Å². The summed E-state index contributed by atoms with van der Waals surface area (Å²) in [5, 5.41) is 0. The number of ether oxygens (including phenoxy) is 1. The summed E-state index contributed by atoms with van der Waals surface area (Å²) < 4.78 is 4.43. The van der Waals surface area contributed by atoms with E-state index in [0.29, 0.717) is 40.1 Å². The summed E-state index contributed by atoms with van der Waals surface area (Å²) >= 11 is 0. The number of amides is 1. The number of aryl methyl sites for hydroxylation is 1. The van der Waals surface area contributed by atoms with Gasteiger partial charge in [-0.05, 0) is 67.6 Å². The Morgan fingerprint density at radius 3 is 1.44 bits per heavy atom. The Hall–Kier alpha value is -7.82. The molecule has 0 radical (unpaired) electrons. The van der Waals surface area contributed by atoms with Crippen molar-refractivity contribution in [1.82, 2.24) is 24.9 Å². The van der Waals surface area contributed by atoms with E-state index in [-0.39, 0.29) is 41.8 Å². The Morgan fingerprint density at radius 1 is 0.620 bits per heavy atom. The Kier molecular flexibility index (Phi) is 15.8. The van der Waals surface area contributed by atoms with Crippen molar-refractivity contribution in [2.24, 2.45) is 5.73 Å². The highest BCUT2D eigenvalue weighted by molar-refractivity contribution is 5.91. The molecule has 0 saturated carbocycles. The second-order valence-electron chi connectivity index (χ2n) is 9.36. The molecule has 0 aliphatic carbocycles. The Bertz CT molecular complexity index is 1950. The Morgan fingerprint density at radius 2 is 1.06 bits per heavy atom. The van der Waals surface area contributed by atoms with E-state index in [4.69, 9.17) is 69.6 Å². The first-order valence-electron chi connectivity index (χ1n) is 13.8. The molecule has 0 saturated heterocycles. The third-order valence-corrected chi connectivity index (χ3v) is 5.59. The molecular weight excluding hydrogens is 646 g/mol. The minimum Gasteiger partial charge on any atom is -0.464 e. The zero-order valence-corrected chi connectivity index (χ0v) is 27.1. The van der Waals surface area contributed by atoms with E-state index < -0.39 is 11.9 Å². The predicted molar refractivity (Wildman–Crippen MR) is 207 cm³/mol. The van der Waals surface area contributed by atoms with Crippen LogP contribution in [0.4, 0.5) is 63.3 Å².